The van der Waals surface area contributed by atoms with Crippen LogP contribution in [0.1, 0.15) is 92.6 Å². The standard InChI is InChI=1S/C27H39N2O3/c1-2-3-4-5-6-7-8-9-10-11-22-28-27(30)25-18-14-23(15-19-25)12-13-24-16-20-26(21-17-24)29(31)32/h14-21,31H,2-13,22H2,1H3,(H,28,30)/q-1. The number of carbonyl (C=O) groups is 1. The van der Waals surface area contributed by atoms with E-state index in [0.29, 0.717) is 5.56 Å². The van der Waals surface area contributed by atoms with Gasteiger partial charge < -0.3 is 15.8 Å². The van der Waals surface area contributed by atoms with Crippen molar-refractivity contribution in [1.82, 2.24) is 5.32 Å². The first kappa shape index (κ1) is 25.9. The molecule has 2 aromatic rings. The zero-order valence-corrected chi connectivity index (χ0v) is 19.5. The Balaban J connectivity index is 1.57. The Morgan fingerprint density at radius 3 is 1.75 bits per heavy atom. The summed E-state index contributed by atoms with van der Waals surface area (Å²) in [7, 11) is 0. The molecular weight excluding hydrogens is 400 g/mol. The van der Waals surface area contributed by atoms with Crippen LogP contribution in [0.5, 0.6) is 0 Å². The number of unbranched alkanes of at least 4 members (excludes halogenated alkanes) is 9. The first-order valence-corrected chi connectivity index (χ1v) is 12.2. The number of hydrogen-bond acceptors (Lipinski definition) is 4. The van der Waals surface area contributed by atoms with Gasteiger partial charge in [-0.15, -0.1) is 0 Å². The average Bonchev–Trinajstić information content (AvgIpc) is 2.81. The van der Waals surface area contributed by atoms with Crippen LogP contribution in [-0.4, -0.2) is 17.7 Å². The SMILES string of the molecule is CCCCCCCCCCCCNC(=O)c1ccc(CCc2ccc(N([O-])O)cc2)cc1. The molecule has 0 fully saturated rings. The molecule has 0 atom stereocenters. The molecule has 2 N–H and O–H groups in total. The van der Waals surface area contributed by atoms with Gasteiger partial charge in [-0.1, -0.05) is 89.0 Å². The Morgan fingerprint density at radius 2 is 1.25 bits per heavy atom. The number of carbonyl (C=O) groups excluding carboxylic acids is 1. The van der Waals surface area contributed by atoms with Crippen molar-refractivity contribution in [3.63, 3.8) is 0 Å². The van der Waals surface area contributed by atoms with E-state index in [2.05, 4.69) is 12.2 Å². The van der Waals surface area contributed by atoms with E-state index in [1.165, 1.54) is 57.8 Å². The van der Waals surface area contributed by atoms with Gasteiger partial charge in [-0.05, 0) is 54.7 Å². The Morgan fingerprint density at radius 1 is 0.781 bits per heavy atom. The van der Waals surface area contributed by atoms with Crippen molar-refractivity contribution in [2.75, 3.05) is 11.8 Å². The number of nitrogens with zero attached hydrogens (tertiary/aromatic N) is 1. The molecule has 0 heterocycles. The van der Waals surface area contributed by atoms with E-state index in [9.17, 15) is 10.0 Å². The van der Waals surface area contributed by atoms with Gasteiger partial charge in [0.2, 0.25) is 0 Å². The third-order valence-electron chi connectivity index (χ3n) is 5.89. The summed E-state index contributed by atoms with van der Waals surface area (Å²) < 4.78 is 0. The van der Waals surface area contributed by atoms with Crippen LogP contribution in [0.2, 0.25) is 0 Å². The Hall–Kier alpha value is -2.37. The summed E-state index contributed by atoms with van der Waals surface area (Å²) in [5.74, 6) is -0.00534. The quantitative estimate of drug-likeness (QED) is 0.222. The molecule has 0 aliphatic rings. The Labute approximate surface area is 193 Å². The van der Waals surface area contributed by atoms with E-state index in [4.69, 9.17) is 5.21 Å². The minimum absolute atomic E-state index is 0.00534. The summed E-state index contributed by atoms with van der Waals surface area (Å²) in [6, 6.07) is 14.6. The van der Waals surface area contributed by atoms with E-state index in [-0.39, 0.29) is 16.8 Å². The maximum Gasteiger partial charge on any atom is 0.251 e. The number of aryl methyl sites for hydroxylation is 2. The van der Waals surface area contributed by atoms with Crippen molar-refractivity contribution >= 4 is 11.6 Å². The predicted molar refractivity (Wildman–Crippen MR) is 132 cm³/mol. The third-order valence-corrected chi connectivity index (χ3v) is 5.89. The summed E-state index contributed by atoms with van der Waals surface area (Å²) in [4.78, 5) is 12.3. The van der Waals surface area contributed by atoms with Gasteiger partial charge in [-0.2, -0.15) is 0 Å². The lowest BCUT2D eigenvalue weighted by Crippen LogP contribution is -2.24. The van der Waals surface area contributed by atoms with E-state index >= 15 is 0 Å². The highest BCUT2D eigenvalue weighted by molar-refractivity contribution is 5.94. The normalized spacial score (nSPS) is 10.8. The maximum absolute atomic E-state index is 12.3. The summed E-state index contributed by atoms with van der Waals surface area (Å²) in [6.07, 6.45) is 14.6. The molecule has 0 spiro atoms. The molecule has 0 saturated carbocycles. The molecule has 0 aromatic heterocycles. The van der Waals surface area contributed by atoms with Crippen molar-refractivity contribution in [3.8, 4) is 0 Å². The largest absolute Gasteiger partial charge is 0.733 e. The molecule has 32 heavy (non-hydrogen) atoms. The fourth-order valence-electron chi connectivity index (χ4n) is 3.82. The molecule has 1 amide bonds. The zero-order chi connectivity index (χ0) is 23.0. The van der Waals surface area contributed by atoms with Crippen molar-refractivity contribution in [2.45, 2.75) is 84.0 Å². The second kappa shape index (κ2) is 15.4. The minimum atomic E-state index is -0.135. The molecule has 0 aliphatic heterocycles. The van der Waals surface area contributed by atoms with Gasteiger partial charge in [0, 0.05) is 12.1 Å². The number of benzene rings is 2. The molecule has 5 nitrogen and oxygen atoms in total. The van der Waals surface area contributed by atoms with E-state index in [1.54, 1.807) is 12.1 Å². The monoisotopic (exact) mass is 439 g/mol. The van der Waals surface area contributed by atoms with Gasteiger partial charge in [0.15, 0.2) is 0 Å². The fraction of sp³-hybridized carbons (Fsp3) is 0.519. The molecular formula is C27H39N2O3-. The summed E-state index contributed by atoms with van der Waals surface area (Å²) >= 11 is 0. The first-order chi connectivity index (χ1) is 15.6. The van der Waals surface area contributed by atoms with Gasteiger partial charge in [0.05, 0.1) is 5.69 Å². The number of hydrogen-bond donors (Lipinski definition) is 2. The molecule has 2 rings (SSSR count). The number of rotatable bonds is 16. The predicted octanol–water partition coefficient (Wildman–Crippen LogP) is 6.82. The smallest absolute Gasteiger partial charge is 0.251 e. The van der Waals surface area contributed by atoms with Crippen LogP contribution in [0.4, 0.5) is 5.69 Å². The molecule has 176 valence electrons. The number of amides is 1. The van der Waals surface area contributed by atoms with Gasteiger partial charge >= 0.3 is 0 Å². The van der Waals surface area contributed by atoms with Crippen LogP contribution in [0.15, 0.2) is 48.5 Å². The van der Waals surface area contributed by atoms with Crippen LogP contribution < -0.4 is 10.5 Å². The summed E-state index contributed by atoms with van der Waals surface area (Å²) in [6.45, 7) is 2.99. The highest BCUT2D eigenvalue weighted by Crippen LogP contribution is 2.15. The second-order valence-corrected chi connectivity index (χ2v) is 8.57. The van der Waals surface area contributed by atoms with E-state index < -0.39 is 0 Å². The second-order valence-electron chi connectivity index (χ2n) is 8.57. The fourth-order valence-corrected chi connectivity index (χ4v) is 3.82. The Kier molecular flexibility index (Phi) is 12.5. The van der Waals surface area contributed by atoms with E-state index in [0.717, 1.165) is 36.9 Å². The molecule has 0 bridgehead atoms. The van der Waals surface area contributed by atoms with Crippen molar-refractivity contribution < 1.29 is 10.0 Å². The molecule has 0 saturated heterocycles. The van der Waals surface area contributed by atoms with Crippen LogP contribution in [0.3, 0.4) is 0 Å². The third kappa shape index (κ3) is 10.3. The average molecular weight is 440 g/mol. The summed E-state index contributed by atoms with van der Waals surface area (Å²) in [5, 5.41) is 22.6. The van der Waals surface area contributed by atoms with Gasteiger partial charge in [0.1, 0.15) is 0 Å². The molecule has 0 aliphatic carbocycles. The minimum Gasteiger partial charge on any atom is -0.733 e. The van der Waals surface area contributed by atoms with Crippen molar-refractivity contribution in [1.29, 1.82) is 0 Å². The number of nitrogens with one attached hydrogen (secondary N) is 1. The van der Waals surface area contributed by atoms with Crippen molar-refractivity contribution in [2.24, 2.45) is 0 Å². The van der Waals surface area contributed by atoms with Gasteiger partial charge in [-0.25, -0.2) is 0 Å². The molecule has 0 radical (unpaired) electrons. The lowest BCUT2D eigenvalue weighted by molar-refractivity contribution is 0.0953. The topological polar surface area (TPSA) is 75.6 Å². The maximum atomic E-state index is 12.3. The van der Waals surface area contributed by atoms with Crippen LogP contribution in [0, 0.1) is 5.21 Å². The molecule has 5 heteroatoms. The van der Waals surface area contributed by atoms with Crippen molar-refractivity contribution in [3.05, 3.63) is 70.4 Å². The van der Waals surface area contributed by atoms with Crippen LogP contribution >= 0.6 is 0 Å². The lowest BCUT2D eigenvalue weighted by atomic mass is 10.0. The lowest BCUT2D eigenvalue weighted by Gasteiger charge is -2.21. The van der Waals surface area contributed by atoms with Gasteiger partial charge in [-0.3, -0.25) is 10.0 Å². The first-order valence-electron chi connectivity index (χ1n) is 12.2. The van der Waals surface area contributed by atoms with E-state index in [1.807, 2.05) is 36.4 Å². The van der Waals surface area contributed by atoms with Crippen LogP contribution in [0.25, 0.3) is 0 Å². The summed E-state index contributed by atoms with van der Waals surface area (Å²) in [5.41, 5.74) is 3.17. The highest BCUT2D eigenvalue weighted by atomic mass is 16.8. The van der Waals surface area contributed by atoms with Gasteiger partial charge in [0.25, 0.3) is 5.91 Å². The molecule has 2 aromatic carbocycles. The number of anilines is 1. The molecule has 0 unspecified atom stereocenters. The Bertz CT molecular complexity index is 757. The highest BCUT2D eigenvalue weighted by Gasteiger charge is 2.05. The van der Waals surface area contributed by atoms with Crippen LogP contribution in [-0.2, 0) is 12.8 Å². The zero-order valence-electron chi connectivity index (χ0n) is 19.5.